The highest BCUT2D eigenvalue weighted by Gasteiger charge is 2.09. The van der Waals surface area contributed by atoms with Gasteiger partial charge in [-0.05, 0) is 11.4 Å². The minimum Gasteiger partial charge on any atom is -0.458 e. The molecule has 9 nitrogen and oxygen atoms in total. The number of nitrogens with one attached hydrogen (secondary N) is 1. The molecule has 3 heterocycles. The number of hydrogen-bond acceptors (Lipinski definition) is 9. The Morgan fingerprint density at radius 1 is 1.35 bits per heavy atom. The average molecular weight is 290 g/mol. The third kappa shape index (κ3) is 2.70. The van der Waals surface area contributed by atoms with Crippen LogP contribution in [-0.4, -0.2) is 29.7 Å². The molecule has 0 saturated heterocycles. The van der Waals surface area contributed by atoms with Crippen molar-refractivity contribution in [2.75, 3.05) is 5.43 Å². The summed E-state index contributed by atoms with van der Waals surface area (Å²) in [5.41, 5.74) is 2.36. The van der Waals surface area contributed by atoms with Crippen LogP contribution in [0.25, 0.3) is 5.95 Å². The lowest BCUT2D eigenvalue weighted by atomic mass is 10.5. The number of hydrazine groups is 1. The number of nitrogens with two attached hydrogens (primary N) is 1. The number of ether oxygens (including phenoxy) is 1. The zero-order chi connectivity index (χ0) is 13.8. The maximum Gasteiger partial charge on any atom is 0.323 e. The van der Waals surface area contributed by atoms with Gasteiger partial charge in [-0.3, -0.25) is 5.43 Å². The predicted octanol–water partition coefficient (Wildman–Crippen LogP) is 0.378. The Kier molecular flexibility index (Phi) is 3.48. The van der Waals surface area contributed by atoms with Crippen LogP contribution in [-0.2, 0) is 6.61 Å². The molecule has 20 heavy (non-hydrogen) atoms. The fraction of sp³-hybridized carbons (Fsp3) is 0.100. The van der Waals surface area contributed by atoms with Crippen molar-refractivity contribution in [3.8, 4) is 12.0 Å². The Morgan fingerprint density at radius 2 is 2.30 bits per heavy atom. The van der Waals surface area contributed by atoms with Crippen LogP contribution in [0.3, 0.4) is 0 Å². The maximum atomic E-state index is 5.52. The third-order valence-electron chi connectivity index (χ3n) is 2.28. The molecule has 3 aromatic heterocycles. The number of nitrogens with zero attached hydrogens (tertiary/aromatic N) is 6. The molecule has 0 spiro atoms. The molecule has 0 radical (unpaired) electrons. The van der Waals surface area contributed by atoms with E-state index >= 15 is 0 Å². The highest BCUT2D eigenvalue weighted by Crippen LogP contribution is 2.14. The van der Waals surface area contributed by atoms with Crippen molar-refractivity contribution in [1.29, 1.82) is 0 Å². The molecule has 3 aromatic rings. The monoisotopic (exact) mass is 290 g/mol. The van der Waals surface area contributed by atoms with Crippen LogP contribution in [0.2, 0.25) is 0 Å². The molecule has 3 rings (SSSR count). The zero-order valence-corrected chi connectivity index (χ0v) is 11.0. The van der Waals surface area contributed by atoms with Crippen molar-refractivity contribution in [3.63, 3.8) is 0 Å². The Balaban J connectivity index is 1.84. The van der Waals surface area contributed by atoms with E-state index in [-0.39, 0.29) is 17.9 Å². The highest BCUT2D eigenvalue weighted by molar-refractivity contribution is 7.09. The van der Waals surface area contributed by atoms with E-state index in [1.807, 2.05) is 17.5 Å². The number of nitrogen functional groups attached to an aromatic ring is 1. The Labute approximate surface area is 117 Å². The van der Waals surface area contributed by atoms with Gasteiger partial charge in [-0.1, -0.05) is 6.07 Å². The second-order valence-electron chi connectivity index (χ2n) is 3.59. The van der Waals surface area contributed by atoms with Gasteiger partial charge in [0.25, 0.3) is 5.95 Å². The Bertz CT molecular complexity index is 669. The fourth-order valence-electron chi connectivity index (χ4n) is 1.42. The van der Waals surface area contributed by atoms with Crippen molar-refractivity contribution in [2.45, 2.75) is 6.61 Å². The van der Waals surface area contributed by atoms with Crippen molar-refractivity contribution in [1.82, 2.24) is 29.7 Å². The van der Waals surface area contributed by atoms with Crippen LogP contribution in [0, 0.1) is 0 Å². The summed E-state index contributed by atoms with van der Waals surface area (Å²) >= 11 is 1.59. The van der Waals surface area contributed by atoms with E-state index in [2.05, 4.69) is 30.5 Å². The summed E-state index contributed by atoms with van der Waals surface area (Å²) in [5.74, 6) is 5.79. The quantitative estimate of drug-likeness (QED) is 0.511. The number of anilines is 1. The third-order valence-corrected chi connectivity index (χ3v) is 3.13. The van der Waals surface area contributed by atoms with Gasteiger partial charge < -0.3 is 4.74 Å². The van der Waals surface area contributed by atoms with Gasteiger partial charge in [-0.15, -0.1) is 11.3 Å². The molecule has 0 atom stereocenters. The van der Waals surface area contributed by atoms with E-state index in [9.17, 15) is 0 Å². The molecule has 102 valence electrons. The van der Waals surface area contributed by atoms with Crippen molar-refractivity contribution < 1.29 is 4.74 Å². The van der Waals surface area contributed by atoms with Crippen molar-refractivity contribution in [3.05, 3.63) is 35.0 Å². The first-order chi connectivity index (χ1) is 9.85. The van der Waals surface area contributed by atoms with Gasteiger partial charge in [0.15, 0.2) is 0 Å². The van der Waals surface area contributed by atoms with Gasteiger partial charge in [-0.2, -0.15) is 24.7 Å². The minimum absolute atomic E-state index is 0.159. The highest BCUT2D eigenvalue weighted by atomic mass is 32.1. The molecular formula is C10H10N8OS. The summed E-state index contributed by atoms with van der Waals surface area (Å²) in [6.45, 7) is 0.377. The van der Waals surface area contributed by atoms with Gasteiger partial charge in [-0.25, -0.2) is 10.8 Å². The van der Waals surface area contributed by atoms with E-state index in [1.54, 1.807) is 11.3 Å². The molecule has 0 bridgehead atoms. The molecule has 0 fully saturated rings. The molecule has 0 aliphatic carbocycles. The number of hydrogen-bond donors (Lipinski definition) is 2. The first-order valence-electron chi connectivity index (χ1n) is 5.58. The van der Waals surface area contributed by atoms with E-state index < -0.39 is 0 Å². The van der Waals surface area contributed by atoms with E-state index in [0.29, 0.717) is 6.61 Å². The molecule has 0 amide bonds. The summed E-state index contributed by atoms with van der Waals surface area (Å²) in [5, 5.41) is 5.92. The minimum atomic E-state index is 0.159. The standard InChI is InChI=1S/C10H10N8OS/c11-17-8-14-9(18-6-12-5-13-18)16-10(15-8)19-4-7-2-1-3-20-7/h1-3,5-6H,4,11H2,(H,14,15,16,17). The molecule has 0 aliphatic rings. The summed E-state index contributed by atoms with van der Waals surface area (Å²) in [6, 6.07) is 4.07. The first kappa shape index (κ1) is 12.4. The second kappa shape index (κ2) is 5.59. The second-order valence-corrected chi connectivity index (χ2v) is 4.63. The lowest BCUT2D eigenvalue weighted by Gasteiger charge is -2.06. The number of rotatable bonds is 5. The van der Waals surface area contributed by atoms with Crippen LogP contribution in [0.15, 0.2) is 30.2 Å². The van der Waals surface area contributed by atoms with E-state index in [4.69, 9.17) is 10.6 Å². The van der Waals surface area contributed by atoms with E-state index in [1.165, 1.54) is 17.3 Å². The summed E-state index contributed by atoms with van der Waals surface area (Å²) in [4.78, 5) is 17.1. The summed E-state index contributed by atoms with van der Waals surface area (Å²) in [6.07, 6.45) is 2.85. The van der Waals surface area contributed by atoms with Gasteiger partial charge in [0.2, 0.25) is 5.95 Å². The fourth-order valence-corrected chi connectivity index (χ4v) is 2.04. The molecular weight excluding hydrogens is 280 g/mol. The topological polar surface area (TPSA) is 117 Å². The molecule has 10 heteroatoms. The van der Waals surface area contributed by atoms with Crippen LogP contribution < -0.4 is 16.0 Å². The van der Waals surface area contributed by atoms with Gasteiger partial charge in [0.1, 0.15) is 19.3 Å². The average Bonchev–Trinajstić information content (AvgIpc) is 3.17. The van der Waals surface area contributed by atoms with Crippen LogP contribution >= 0.6 is 11.3 Å². The largest absolute Gasteiger partial charge is 0.458 e. The van der Waals surface area contributed by atoms with Crippen molar-refractivity contribution in [2.24, 2.45) is 5.84 Å². The zero-order valence-electron chi connectivity index (χ0n) is 10.2. The van der Waals surface area contributed by atoms with E-state index in [0.717, 1.165) is 4.88 Å². The van der Waals surface area contributed by atoms with Crippen LogP contribution in [0.1, 0.15) is 4.88 Å². The van der Waals surface area contributed by atoms with Crippen molar-refractivity contribution >= 4 is 17.3 Å². The molecule has 3 N–H and O–H groups in total. The maximum absolute atomic E-state index is 5.52. The summed E-state index contributed by atoms with van der Waals surface area (Å²) < 4.78 is 6.91. The number of thiophene rings is 1. The molecule has 0 aliphatic heterocycles. The Morgan fingerprint density at radius 3 is 3.00 bits per heavy atom. The lowest BCUT2D eigenvalue weighted by Crippen LogP contribution is -2.14. The molecule has 0 aromatic carbocycles. The normalized spacial score (nSPS) is 10.4. The number of aromatic nitrogens is 6. The lowest BCUT2D eigenvalue weighted by molar-refractivity contribution is 0.283. The van der Waals surface area contributed by atoms with Gasteiger partial charge in [0.05, 0.1) is 0 Å². The SMILES string of the molecule is NNc1nc(OCc2cccs2)nc(-n2cncn2)n1. The van der Waals surface area contributed by atoms with Crippen LogP contribution in [0.5, 0.6) is 6.01 Å². The van der Waals surface area contributed by atoms with Crippen LogP contribution in [0.4, 0.5) is 5.95 Å². The first-order valence-corrected chi connectivity index (χ1v) is 6.46. The van der Waals surface area contributed by atoms with Gasteiger partial charge in [0, 0.05) is 4.88 Å². The summed E-state index contributed by atoms with van der Waals surface area (Å²) in [7, 11) is 0. The molecule has 0 unspecified atom stereocenters. The molecule has 0 saturated carbocycles. The van der Waals surface area contributed by atoms with Gasteiger partial charge >= 0.3 is 6.01 Å². The predicted molar refractivity (Wildman–Crippen MR) is 71.2 cm³/mol. The Hall–Kier alpha value is -2.59. The smallest absolute Gasteiger partial charge is 0.323 e.